The van der Waals surface area contributed by atoms with Crippen LogP contribution >= 0.6 is 0 Å². The van der Waals surface area contributed by atoms with Gasteiger partial charge in [-0.1, -0.05) is 0 Å². The molecule has 0 aliphatic carbocycles. The Morgan fingerprint density at radius 1 is 1.05 bits per heavy atom. The Labute approximate surface area is 123 Å². The molecule has 2 heterocycles. The van der Waals surface area contributed by atoms with E-state index in [1.54, 1.807) is 20.5 Å². The summed E-state index contributed by atoms with van der Waals surface area (Å²) < 4.78 is 12.7. The Balaban J connectivity index is 2.26. The van der Waals surface area contributed by atoms with Gasteiger partial charge in [-0.05, 0) is 24.6 Å². The molecule has 21 heavy (non-hydrogen) atoms. The number of rotatable bonds is 3. The van der Waals surface area contributed by atoms with Gasteiger partial charge in [0.2, 0.25) is 0 Å². The Morgan fingerprint density at radius 2 is 1.76 bits per heavy atom. The van der Waals surface area contributed by atoms with Gasteiger partial charge in [0.15, 0.2) is 11.5 Å². The van der Waals surface area contributed by atoms with Gasteiger partial charge >= 0.3 is 0 Å². The van der Waals surface area contributed by atoms with Gasteiger partial charge in [-0.15, -0.1) is 0 Å². The van der Waals surface area contributed by atoms with Crippen LogP contribution in [0.25, 0.3) is 22.3 Å². The van der Waals surface area contributed by atoms with Crippen molar-refractivity contribution >= 4 is 10.9 Å². The van der Waals surface area contributed by atoms with E-state index in [4.69, 9.17) is 14.5 Å². The van der Waals surface area contributed by atoms with Crippen LogP contribution in [0.1, 0.15) is 5.56 Å². The van der Waals surface area contributed by atoms with Crippen LogP contribution in [0.4, 0.5) is 0 Å². The highest BCUT2D eigenvalue weighted by Gasteiger charge is 2.12. The van der Waals surface area contributed by atoms with Gasteiger partial charge in [0.25, 0.3) is 0 Å². The van der Waals surface area contributed by atoms with Crippen LogP contribution in [-0.2, 0) is 7.05 Å². The Kier molecular flexibility index (Phi) is 3.25. The molecule has 0 aliphatic heterocycles. The molecule has 3 rings (SSSR count). The fourth-order valence-corrected chi connectivity index (χ4v) is 2.46. The minimum atomic E-state index is 0.680. The van der Waals surface area contributed by atoms with Crippen molar-refractivity contribution in [1.82, 2.24) is 14.5 Å². The van der Waals surface area contributed by atoms with E-state index >= 15 is 0 Å². The van der Waals surface area contributed by atoms with Crippen molar-refractivity contribution in [3.8, 4) is 22.9 Å². The number of aromatic nitrogens is 3. The van der Waals surface area contributed by atoms with E-state index in [0.717, 1.165) is 27.9 Å². The second-order valence-corrected chi connectivity index (χ2v) is 4.94. The summed E-state index contributed by atoms with van der Waals surface area (Å²) in [6, 6.07) is 5.93. The summed E-state index contributed by atoms with van der Waals surface area (Å²) in [5.41, 5.74) is 3.89. The Morgan fingerprint density at radius 3 is 2.38 bits per heavy atom. The molecule has 3 aromatic rings. The molecular formula is C16H17N3O2. The van der Waals surface area contributed by atoms with Gasteiger partial charge in [-0.25, -0.2) is 9.97 Å². The summed E-state index contributed by atoms with van der Waals surface area (Å²) >= 11 is 0. The number of nitrogens with zero attached hydrogens (tertiary/aromatic N) is 3. The molecule has 5 heteroatoms. The number of aryl methyl sites for hydroxylation is 2. The fourth-order valence-electron chi connectivity index (χ4n) is 2.46. The Bertz CT molecular complexity index is 809. The standard InChI is InChI=1S/C16H17N3O2/c1-10-5-13(14-8-17-9-19(14)2)18-12-7-16(21-4)15(20-3)6-11(10)12/h5-9H,1-4H3. The second kappa shape index (κ2) is 5.09. The van der Waals surface area contributed by atoms with Crippen LogP contribution in [0.15, 0.2) is 30.7 Å². The minimum Gasteiger partial charge on any atom is -0.493 e. The molecule has 0 saturated carbocycles. The van der Waals surface area contributed by atoms with Crippen molar-refractivity contribution in [2.45, 2.75) is 6.92 Å². The van der Waals surface area contributed by atoms with Crippen LogP contribution in [-0.4, -0.2) is 28.8 Å². The smallest absolute Gasteiger partial charge is 0.162 e. The molecule has 0 saturated heterocycles. The van der Waals surface area contributed by atoms with E-state index < -0.39 is 0 Å². The molecule has 5 nitrogen and oxygen atoms in total. The molecule has 0 atom stereocenters. The fraction of sp³-hybridized carbons (Fsp3) is 0.250. The maximum atomic E-state index is 5.36. The third-order valence-corrected chi connectivity index (χ3v) is 3.60. The molecule has 0 aliphatic rings. The van der Waals surface area contributed by atoms with E-state index in [9.17, 15) is 0 Å². The molecule has 0 N–H and O–H groups in total. The summed E-state index contributed by atoms with van der Waals surface area (Å²) in [6.07, 6.45) is 3.58. The number of hydrogen-bond acceptors (Lipinski definition) is 4. The summed E-state index contributed by atoms with van der Waals surface area (Å²) in [4.78, 5) is 8.87. The largest absolute Gasteiger partial charge is 0.493 e. The normalized spacial score (nSPS) is 10.9. The predicted octanol–water partition coefficient (Wildman–Crippen LogP) is 2.96. The number of ether oxygens (including phenoxy) is 2. The van der Waals surface area contributed by atoms with Crippen molar-refractivity contribution in [3.05, 3.63) is 36.3 Å². The summed E-state index contributed by atoms with van der Waals surface area (Å²) in [7, 11) is 5.22. The van der Waals surface area contributed by atoms with Gasteiger partial charge in [0.1, 0.15) is 0 Å². The van der Waals surface area contributed by atoms with E-state index in [-0.39, 0.29) is 0 Å². The third kappa shape index (κ3) is 2.20. The highest BCUT2D eigenvalue weighted by molar-refractivity contribution is 5.87. The lowest BCUT2D eigenvalue weighted by atomic mass is 10.1. The zero-order valence-electron chi connectivity index (χ0n) is 12.5. The highest BCUT2D eigenvalue weighted by atomic mass is 16.5. The van der Waals surface area contributed by atoms with E-state index in [2.05, 4.69) is 18.0 Å². The van der Waals surface area contributed by atoms with Crippen molar-refractivity contribution in [2.24, 2.45) is 7.05 Å². The number of pyridine rings is 1. The Hall–Kier alpha value is -2.56. The minimum absolute atomic E-state index is 0.680. The first kappa shape index (κ1) is 13.4. The molecule has 1 aromatic carbocycles. The van der Waals surface area contributed by atoms with Crippen LogP contribution < -0.4 is 9.47 Å². The van der Waals surface area contributed by atoms with Gasteiger partial charge in [0, 0.05) is 18.5 Å². The van der Waals surface area contributed by atoms with E-state index in [1.165, 1.54) is 0 Å². The third-order valence-electron chi connectivity index (χ3n) is 3.60. The molecule has 0 spiro atoms. The maximum Gasteiger partial charge on any atom is 0.162 e. The van der Waals surface area contributed by atoms with Crippen molar-refractivity contribution in [2.75, 3.05) is 14.2 Å². The van der Waals surface area contributed by atoms with Gasteiger partial charge in [0.05, 0.1) is 43.6 Å². The van der Waals surface area contributed by atoms with Crippen LogP contribution in [0.5, 0.6) is 11.5 Å². The SMILES string of the molecule is COc1cc2nc(-c3cncn3C)cc(C)c2cc1OC. The maximum absolute atomic E-state index is 5.36. The first-order valence-electron chi connectivity index (χ1n) is 6.64. The average molecular weight is 283 g/mol. The van der Waals surface area contributed by atoms with Crippen molar-refractivity contribution < 1.29 is 9.47 Å². The molecule has 108 valence electrons. The zero-order chi connectivity index (χ0) is 15.0. The average Bonchev–Trinajstić information content (AvgIpc) is 2.92. The lowest BCUT2D eigenvalue weighted by molar-refractivity contribution is 0.356. The summed E-state index contributed by atoms with van der Waals surface area (Å²) in [5.74, 6) is 1.39. The molecule has 2 aromatic heterocycles. The molecule has 0 bridgehead atoms. The number of imidazole rings is 1. The molecule has 0 amide bonds. The lowest BCUT2D eigenvalue weighted by Gasteiger charge is -2.12. The molecule has 0 unspecified atom stereocenters. The predicted molar refractivity (Wildman–Crippen MR) is 81.8 cm³/mol. The number of methoxy groups -OCH3 is 2. The van der Waals surface area contributed by atoms with Crippen LogP contribution in [0.2, 0.25) is 0 Å². The quantitative estimate of drug-likeness (QED) is 0.741. The second-order valence-electron chi connectivity index (χ2n) is 4.94. The monoisotopic (exact) mass is 283 g/mol. The first-order valence-corrected chi connectivity index (χ1v) is 6.64. The van der Waals surface area contributed by atoms with Gasteiger partial charge in [-0.3, -0.25) is 0 Å². The van der Waals surface area contributed by atoms with Crippen LogP contribution in [0, 0.1) is 6.92 Å². The van der Waals surface area contributed by atoms with Crippen molar-refractivity contribution in [3.63, 3.8) is 0 Å². The van der Waals surface area contributed by atoms with Crippen molar-refractivity contribution in [1.29, 1.82) is 0 Å². The summed E-state index contributed by atoms with van der Waals surface area (Å²) in [6.45, 7) is 2.07. The highest BCUT2D eigenvalue weighted by Crippen LogP contribution is 2.34. The number of fused-ring (bicyclic) bond motifs is 1. The topological polar surface area (TPSA) is 49.2 Å². The lowest BCUT2D eigenvalue weighted by Crippen LogP contribution is -1.96. The zero-order valence-corrected chi connectivity index (χ0v) is 12.5. The van der Waals surface area contributed by atoms with Gasteiger partial charge < -0.3 is 14.0 Å². The number of benzene rings is 1. The molecular weight excluding hydrogens is 266 g/mol. The van der Waals surface area contributed by atoms with E-state index in [1.807, 2.05) is 29.9 Å². The first-order chi connectivity index (χ1) is 10.1. The van der Waals surface area contributed by atoms with Crippen LogP contribution in [0.3, 0.4) is 0 Å². The van der Waals surface area contributed by atoms with Gasteiger partial charge in [-0.2, -0.15) is 0 Å². The van der Waals surface area contributed by atoms with E-state index in [0.29, 0.717) is 11.5 Å². The summed E-state index contributed by atoms with van der Waals surface area (Å²) in [5, 5.41) is 1.05. The molecule has 0 fully saturated rings. The molecule has 0 radical (unpaired) electrons. The number of hydrogen-bond donors (Lipinski definition) is 0.